The van der Waals surface area contributed by atoms with E-state index in [4.69, 9.17) is 19.9 Å². The summed E-state index contributed by atoms with van der Waals surface area (Å²) in [6.45, 7) is 1.23. The number of carbonyl (C=O) groups is 4. The minimum Gasteiger partial charge on any atom is -0.494 e. The SMILES string of the molecule is O=C(NO)c1ccc(C(=O)NN=Cc2cccc(OCCCCCCCCCCOc3cccc(C=NNC(=O)c4ccc(C(=O)NO)cc4)c3)c2)cc1. The fourth-order valence-corrected chi connectivity index (χ4v) is 5.15. The Hall–Kier alpha value is -6.38. The molecule has 0 bridgehead atoms. The number of benzene rings is 4. The summed E-state index contributed by atoms with van der Waals surface area (Å²) >= 11 is 0. The maximum atomic E-state index is 12.3. The van der Waals surface area contributed by atoms with Crippen LogP contribution < -0.4 is 31.3 Å². The number of ether oxygens (including phenoxy) is 2. The summed E-state index contributed by atoms with van der Waals surface area (Å²) in [4.78, 5) is 47.4. The third-order valence-corrected chi connectivity index (χ3v) is 8.07. The van der Waals surface area contributed by atoms with Crippen molar-refractivity contribution in [3.63, 3.8) is 0 Å². The summed E-state index contributed by atoms with van der Waals surface area (Å²) in [7, 11) is 0. The normalized spacial score (nSPS) is 10.9. The van der Waals surface area contributed by atoms with Gasteiger partial charge < -0.3 is 9.47 Å². The Kier molecular flexibility index (Phi) is 16.9. The zero-order chi connectivity index (χ0) is 38.4. The highest BCUT2D eigenvalue weighted by Crippen LogP contribution is 2.16. The molecule has 54 heavy (non-hydrogen) atoms. The summed E-state index contributed by atoms with van der Waals surface area (Å²) in [6.07, 6.45) is 11.8. The van der Waals surface area contributed by atoms with Crippen LogP contribution in [0.15, 0.2) is 107 Å². The molecule has 0 spiro atoms. The predicted octanol–water partition coefficient (Wildman–Crippen LogP) is 6.03. The van der Waals surface area contributed by atoms with Crippen LogP contribution in [0.25, 0.3) is 0 Å². The summed E-state index contributed by atoms with van der Waals surface area (Å²) in [5.74, 6) is -0.730. The fraction of sp³-hybridized carbons (Fsp3) is 0.250. The maximum Gasteiger partial charge on any atom is 0.274 e. The molecule has 0 aliphatic rings. The number of hydrogen-bond acceptors (Lipinski definition) is 10. The van der Waals surface area contributed by atoms with Crippen molar-refractivity contribution in [2.24, 2.45) is 10.2 Å². The van der Waals surface area contributed by atoms with E-state index in [1.165, 1.54) is 73.8 Å². The molecule has 0 saturated heterocycles. The second-order valence-electron chi connectivity index (χ2n) is 12.1. The van der Waals surface area contributed by atoms with E-state index in [9.17, 15) is 19.2 Å². The van der Waals surface area contributed by atoms with E-state index < -0.39 is 23.6 Å². The average Bonchev–Trinajstić information content (AvgIpc) is 3.21. The molecular formula is C40H44N6O8. The van der Waals surface area contributed by atoms with E-state index in [0.717, 1.165) is 61.2 Å². The Morgan fingerprint density at radius 1 is 0.481 bits per heavy atom. The van der Waals surface area contributed by atoms with Crippen molar-refractivity contribution in [2.75, 3.05) is 13.2 Å². The first-order valence-corrected chi connectivity index (χ1v) is 17.6. The van der Waals surface area contributed by atoms with Gasteiger partial charge >= 0.3 is 0 Å². The molecule has 0 heterocycles. The molecule has 4 rings (SSSR count). The first-order chi connectivity index (χ1) is 26.4. The molecule has 14 nitrogen and oxygen atoms in total. The van der Waals surface area contributed by atoms with Gasteiger partial charge in [-0.15, -0.1) is 0 Å². The molecule has 0 saturated carbocycles. The minimum absolute atomic E-state index is 0.224. The van der Waals surface area contributed by atoms with Crippen molar-refractivity contribution in [1.82, 2.24) is 21.8 Å². The lowest BCUT2D eigenvalue weighted by molar-refractivity contribution is 0.0702. The first kappa shape index (κ1) is 40.4. The van der Waals surface area contributed by atoms with E-state index in [1.807, 2.05) is 48.5 Å². The van der Waals surface area contributed by atoms with Gasteiger partial charge in [-0.2, -0.15) is 10.2 Å². The maximum absolute atomic E-state index is 12.3. The number of nitrogens with zero attached hydrogens (tertiary/aromatic N) is 2. The fourth-order valence-electron chi connectivity index (χ4n) is 5.15. The molecule has 0 radical (unpaired) electrons. The zero-order valence-electron chi connectivity index (χ0n) is 29.7. The molecule has 0 unspecified atom stereocenters. The highest BCUT2D eigenvalue weighted by Gasteiger charge is 2.09. The Morgan fingerprint density at radius 2 is 0.815 bits per heavy atom. The number of hydrogen-bond donors (Lipinski definition) is 6. The van der Waals surface area contributed by atoms with Gasteiger partial charge in [0.05, 0.1) is 25.6 Å². The Bertz CT molecular complexity index is 1740. The number of unbranched alkanes of at least 4 members (excludes halogenated alkanes) is 7. The average molecular weight is 737 g/mol. The van der Waals surface area contributed by atoms with Crippen LogP contribution in [0.4, 0.5) is 0 Å². The zero-order valence-corrected chi connectivity index (χ0v) is 29.7. The first-order valence-electron chi connectivity index (χ1n) is 17.6. The van der Waals surface area contributed by atoms with Gasteiger partial charge in [0, 0.05) is 22.3 Å². The topological polar surface area (TPSA) is 200 Å². The van der Waals surface area contributed by atoms with Crippen LogP contribution in [-0.4, -0.2) is 59.7 Å². The minimum atomic E-state index is -0.660. The molecule has 14 heteroatoms. The molecule has 4 aromatic carbocycles. The van der Waals surface area contributed by atoms with Crippen molar-refractivity contribution in [3.05, 3.63) is 130 Å². The van der Waals surface area contributed by atoms with E-state index in [2.05, 4.69) is 21.1 Å². The molecular weight excluding hydrogens is 692 g/mol. The van der Waals surface area contributed by atoms with Gasteiger partial charge in [0.15, 0.2) is 0 Å². The van der Waals surface area contributed by atoms with Crippen molar-refractivity contribution >= 4 is 36.1 Å². The van der Waals surface area contributed by atoms with Crippen molar-refractivity contribution < 1.29 is 39.1 Å². The van der Waals surface area contributed by atoms with Crippen molar-refractivity contribution in [2.45, 2.75) is 51.4 Å². The van der Waals surface area contributed by atoms with Crippen LogP contribution in [-0.2, 0) is 0 Å². The van der Waals surface area contributed by atoms with Crippen LogP contribution >= 0.6 is 0 Å². The number of amides is 4. The number of hydrazone groups is 2. The third-order valence-electron chi connectivity index (χ3n) is 8.07. The van der Waals surface area contributed by atoms with Crippen LogP contribution in [0, 0.1) is 0 Å². The van der Waals surface area contributed by atoms with Crippen LogP contribution in [0.2, 0.25) is 0 Å². The summed E-state index contributed by atoms with van der Waals surface area (Å²) in [6, 6.07) is 26.5. The largest absolute Gasteiger partial charge is 0.494 e. The predicted molar refractivity (Wildman–Crippen MR) is 202 cm³/mol. The lowest BCUT2D eigenvalue weighted by atomic mass is 10.1. The van der Waals surface area contributed by atoms with Crippen LogP contribution in [0.3, 0.4) is 0 Å². The Morgan fingerprint density at radius 3 is 1.17 bits per heavy atom. The van der Waals surface area contributed by atoms with Gasteiger partial charge in [0.1, 0.15) is 11.5 Å². The number of carbonyl (C=O) groups excluding carboxylic acids is 4. The molecule has 6 N–H and O–H groups in total. The lowest BCUT2D eigenvalue weighted by Crippen LogP contribution is -2.20. The summed E-state index contributed by atoms with van der Waals surface area (Å²) in [5, 5.41) is 25.4. The summed E-state index contributed by atoms with van der Waals surface area (Å²) in [5.41, 5.74) is 10.6. The Labute approximate surface area is 313 Å². The quantitative estimate of drug-likeness (QED) is 0.0258. The van der Waals surface area contributed by atoms with E-state index >= 15 is 0 Å². The second-order valence-corrected chi connectivity index (χ2v) is 12.1. The molecule has 0 aliphatic carbocycles. The number of nitrogens with one attached hydrogen (secondary N) is 4. The summed E-state index contributed by atoms with van der Waals surface area (Å²) < 4.78 is 11.8. The van der Waals surface area contributed by atoms with Gasteiger partial charge in [-0.3, -0.25) is 29.6 Å². The highest BCUT2D eigenvalue weighted by atomic mass is 16.5. The van der Waals surface area contributed by atoms with E-state index in [-0.39, 0.29) is 11.1 Å². The molecule has 0 aromatic heterocycles. The smallest absolute Gasteiger partial charge is 0.274 e. The van der Waals surface area contributed by atoms with Gasteiger partial charge in [0.25, 0.3) is 23.6 Å². The third kappa shape index (κ3) is 14.0. The molecule has 0 aliphatic heterocycles. The van der Waals surface area contributed by atoms with Crippen LogP contribution in [0.1, 0.15) is 104 Å². The monoisotopic (exact) mass is 736 g/mol. The molecule has 282 valence electrons. The standard InChI is InChI=1S/C40H44N6O8/c47-37(31-15-19-33(20-16-31)39(49)45-51)43-41-27-29-11-9-13-35(25-29)53-23-7-5-3-1-2-4-6-8-24-54-36-14-10-12-30(26-36)28-42-44-38(48)32-17-21-34(22-18-32)40(50)46-52/h9-22,25-28,51-52H,1-8,23-24H2,(H,43,47)(H,44,48)(H,45,49)(H,46,50). The molecule has 0 fully saturated rings. The van der Waals surface area contributed by atoms with Gasteiger partial charge in [-0.25, -0.2) is 21.8 Å². The molecule has 0 atom stereocenters. The lowest BCUT2D eigenvalue weighted by Gasteiger charge is -2.08. The second kappa shape index (κ2) is 22.5. The van der Waals surface area contributed by atoms with Gasteiger partial charge in [-0.1, -0.05) is 62.8 Å². The molecule has 4 amide bonds. The molecule has 4 aromatic rings. The Balaban J connectivity index is 1.01. The highest BCUT2D eigenvalue weighted by molar-refractivity contribution is 5.98. The number of rotatable bonds is 21. The number of hydroxylamine groups is 2. The van der Waals surface area contributed by atoms with E-state index in [1.54, 1.807) is 11.0 Å². The van der Waals surface area contributed by atoms with Gasteiger partial charge in [0.2, 0.25) is 0 Å². The van der Waals surface area contributed by atoms with Crippen LogP contribution in [0.5, 0.6) is 11.5 Å². The van der Waals surface area contributed by atoms with Crippen molar-refractivity contribution in [3.8, 4) is 11.5 Å². The van der Waals surface area contributed by atoms with Gasteiger partial charge in [-0.05, 0) is 96.8 Å². The van der Waals surface area contributed by atoms with E-state index in [0.29, 0.717) is 24.3 Å². The van der Waals surface area contributed by atoms with Crippen molar-refractivity contribution in [1.29, 1.82) is 0 Å².